The number of aliphatic imine (C=N–C) groups is 1. The number of hydrogen-bond acceptors (Lipinski definition) is 4. The zero-order valence-electron chi connectivity index (χ0n) is 18.0. The number of anilines is 1. The number of halogens is 2. The maximum absolute atomic E-state index is 13.6. The molecule has 0 aliphatic rings. The van der Waals surface area contributed by atoms with Crippen LogP contribution in [0.3, 0.4) is 0 Å². The smallest absolute Gasteiger partial charge is 0.195 e. The lowest BCUT2D eigenvalue weighted by Gasteiger charge is -2.26. The van der Waals surface area contributed by atoms with Crippen molar-refractivity contribution in [2.75, 3.05) is 53.3 Å². The lowest BCUT2D eigenvalue weighted by molar-refractivity contribution is 0.172. The van der Waals surface area contributed by atoms with E-state index >= 15 is 0 Å². The molecule has 0 heterocycles. The molecule has 2 N–H and O–H groups in total. The van der Waals surface area contributed by atoms with Crippen molar-refractivity contribution in [2.24, 2.45) is 4.99 Å². The van der Waals surface area contributed by atoms with Gasteiger partial charge in [-0.15, -0.1) is 24.0 Å². The lowest BCUT2D eigenvalue weighted by atomic mass is 10.1. The summed E-state index contributed by atoms with van der Waals surface area (Å²) in [7, 11) is 7.33. The van der Waals surface area contributed by atoms with Gasteiger partial charge in [0.25, 0.3) is 0 Å². The molecule has 0 aromatic heterocycles. The first-order valence-corrected chi connectivity index (χ1v) is 9.65. The second kappa shape index (κ2) is 14.2. The van der Waals surface area contributed by atoms with E-state index in [1.807, 2.05) is 49.3 Å². The first-order valence-electron chi connectivity index (χ1n) is 9.65. The maximum atomic E-state index is 13.6. The summed E-state index contributed by atoms with van der Waals surface area (Å²) in [4.78, 5) is 6.33. The van der Waals surface area contributed by atoms with Crippen molar-refractivity contribution in [3.63, 3.8) is 0 Å². The minimum Gasteiger partial charge on any atom is -0.493 e. The number of benzene rings is 2. The zero-order valence-corrected chi connectivity index (χ0v) is 20.4. The summed E-state index contributed by atoms with van der Waals surface area (Å²) in [6, 6.07) is 14.4. The largest absolute Gasteiger partial charge is 0.493 e. The van der Waals surface area contributed by atoms with Crippen LogP contribution in [-0.2, 0) is 4.74 Å². The van der Waals surface area contributed by atoms with Gasteiger partial charge in [0, 0.05) is 45.5 Å². The third-order valence-electron chi connectivity index (χ3n) is 4.40. The van der Waals surface area contributed by atoms with Gasteiger partial charge in [-0.05, 0) is 43.9 Å². The van der Waals surface area contributed by atoms with E-state index in [0.717, 1.165) is 23.4 Å². The molecule has 0 aliphatic heterocycles. The van der Waals surface area contributed by atoms with Gasteiger partial charge in [-0.3, -0.25) is 4.99 Å². The van der Waals surface area contributed by atoms with Crippen LogP contribution in [-0.4, -0.2) is 58.9 Å². The maximum Gasteiger partial charge on any atom is 0.195 e. The molecule has 0 aliphatic carbocycles. The summed E-state index contributed by atoms with van der Waals surface area (Å²) in [5.41, 5.74) is 1.78. The minimum absolute atomic E-state index is 0. The Morgan fingerprint density at radius 3 is 2.57 bits per heavy atom. The van der Waals surface area contributed by atoms with E-state index in [0.29, 0.717) is 25.7 Å². The Morgan fingerprint density at radius 1 is 1.13 bits per heavy atom. The number of nitrogens with one attached hydrogen (secondary N) is 2. The normalized spacial score (nSPS) is 12.3. The second-order valence-corrected chi connectivity index (χ2v) is 6.84. The highest BCUT2D eigenvalue weighted by molar-refractivity contribution is 14.0. The standard InChI is InChI=1S/C22H31FN4O2.HI/c1-24-22(25-16-21(27(2)3)17-8-5-9-18(23)14-17)26-19-10-6-11-20(15-19)29-13-7-12-28-4;/h5-6,8-11,14-15,21H,7,12-13,16H2,1-4H3,(H2,24,25,26);1H. The number of ether oxygens (including phenoxy) is 2. The van der Waals surface area contributed by atoms with Gasteiger partial charge in [0.15, 0.2) is 5.96 Å². The Bertz CT molecular complexity index is 789. The first-order chi connectivity index (χ1) is 14.0. The van der Waals surface area contributed by atoms with Crippen molar-refractivity contribution >= 4 is 35.6 Å². The average molecular weight is 530 g/mol. The summed E-state index contributed by atoms with van der Waals surface area (Å²) in [6.07, 6.45) is 0.837. The molecule has 2 rings (SSSR count). The van der Waals surface area contributed by atoms with Crippen LogP contribution < -0.4 is 15.4 Å². The Kier molecular flexibility index (Phi) is 12.3. The summed E-state index contributed by atoms with van der Waals surface area (Å²) >= 11 is 0. The molecular formula is C22H32FIN4O2. The highest BCUT2D eigenvalue weighted by Crippen LogP contribution is 2.19. The fourth-order valence-corrected chi connectivity index (χ4v) is 2.88. The third-order valence-corrected chi connectivity index (χ3v) is 4.40. The highest BCUT2D eigenvalue weighted by atomic mass is 127. The molecule has 0 amide bonds. The second-order valence-electron chi connectivity index (χ2n) is 6.84. The van der Waals surface area contributed by atoms with E-state index in [4.69, 9.17) is 9.47 Å². The van der Waals surface area contributed by atoms with E-state index in [1.165, 1.54) is 6.07 Å². The van der Waals surface area contributed by atoms with Gasteiger partial charge in [0.1, 0.15) is 11.6 Å². The molecule has 30 heavy (non-hydrogen) atoms. The van der Waals surface area contributed by atoms with Crippen molar-refractivity contribution in [3.8, 4) is 5.75 Å². The molecule has 2 aromatic carbocycles. The van der Waals surface area contributed by atoms with Gasteiger partial charge >= 0.3 is 0 Å². The molecule has 166 valence electrons. The van der Waals surface area contributed by atoms with Gasteiger partial charge in [-0.25, -0.2) is 4.39 Å². The number of hydrogen-bond donors (Lipinski definition) is 2. The van der Waals surface area contributed by atoms with Gasteiger partial charge in [-0.1, -0.05) is 18.2 Å². The molecule has 0 saturated carbocycles. The summed E-state index contributed by atoms with van der Waals surface area (Å²) < 4.78 is 24.4. The summed E-state index contributed by atoms with van der Waals surface area (Å²) in [5.74, 6) is 1.18. The van der Waals surface area contributed by atoms with Crippen molar-refractivity contribution < 1.29 is 13.9 Å². The minimum atomic E-state index is -0.237. The lowest BCUT2D eigenvalue weighted by Crippen LogP contribution is -2.38. The molecule has 0 fully saturated rings. The Balaban J connectivity index is 0.00000450. The summed E-state index contributed by atoms with van der Waals surface area (Å²) in [5, 5.41) is 6.58. The van der Waals surface area contributed by atoms with E-state index in [-0.39, 0.29) is 35.8 Å². The quantitative estimate of drug-likeness (QED) is 0.209. The number of rotatable bonds is 10. The number of likely N-dealkylation sites (N-methyl/N-ethyl adjacent to an activating group) is 1. The van der Waals surface area contributed by atoms with Crippen LogP contribution in [0.15, 0.2) is 53.5 Å². The Labute approximate surface area is 195 Å². The van der Waals surface area contributed by atoms with Crippen LogP contribution in [0.2, 0.25) is 0 Å². The van der Waals surface area contributed by atoms with Crippen LogP contribution in [0.25, 0.3) is 0 Å². The molecule has 1 atom stereocenters. The fraction of sp³-hybridized carbons (Fsp3) is 0.409. The molecule has 0 saturated heterocycles. The van der Waals surface area contributed by atoms with Crippen LogP contribution in [0.5, 0.6) is 5.75 Å². The molecule has 1 unspecified atom stereocenters. The molecule has 0 radical (unpaired) electrons. The van der Waals surface area contributed by atoms with Crippen LogP contribution in [0.4, 0.5) is 10.1 Å². The fourth-order valence-electron chi connectivity index (χ4n) is 2.88. The SMILES string of the molecule is CN=C(NCC(c1cccc(F)c1)N(C)C)Nc1cccc(OCCCOC)c1.I. The monoisotopic (exact) mass is 530 g/mol. The van der Waals surface area contributed by atoms with Gasteiger partial charge in [0.2, 0.25) is 0 Å². The van der Waals surface area contributed by atoms with E-state index < -0.39 is 0 Å². The zero-order chi connectivity index (χ0) is 21.1. The predicted molar refractivity (Wildman–Crippen MR) is 132 cm³/mol. The van der Waals surface area contributed by atoms with Crippen LogP contribution in [0.1, 0.15) is 18.0 Å². The summed E-state index contributed by atoms with van der Waals surface area (Å²) in [6.45, 7) is 1.85. The average Bonchev–Trinajstić information content (AvgIpc) is 2.70. The van der Waals surface area contributed by atoms with E-state index in [9.17, 15) is 4.39 Å². The number of nitrogens with zero attached hydrogens (tertiary/aromatic N) is 2. The Hall–Kier alpha value is -1.91. The van der Waals surface area contributed by atoms with Gasteiger partial charge in [0.05, 0.1) is 12.6 Å². The molecule has 6 nitrogen and oxygen atoms in total. The Morgan fingerprint density at radius 2 is 1.90 bits per heavy atom. The van der Waals surface area contributed by atoms with Crippen molar-refractivity contribution in [3.05, 3.63) is 59.9 Å². The molecule has 0 spiro atoms. The molecular weight excluding hydrogens is 498 g/mol. The van der Waals surface area contributed by atoms with Gasteiger partial charge in [-0.2, -0.15) is 0 Å². The van der Waals surface area contributed by atoms with E-state index in [1.54, 1.807) is 26.3 Å². The molecule has 0 bridgehead atoms. The van der Waals surface area contributed by atoms with E-state index in [2.05, 4.69) is 15.6 Å². The topological polar surface area (TPSA) is 58.1 Å². The highest BCUT2D eigenvalue weighted by Gasteiger charge is 2.15. The number of methoxy groups -OCH3 is 1. The third kappa shape index (κ3) is 8.85. The molecule has 8 heteroatoms. The van der Waals surface area contributed by atoms with Crippen LogP contribution in [0, 0.1) is 5.82 Å². The van der Waals surface area contributed by atoms with Crippen LogP contribution >= 0.6 is 24.0 Å². The number of guanidine groups is 1. The first kappa shape index (κ1) is 26.1. The van der Waals surface area contributed by atoms with Crippen molar-refractivity contribution in [1.82, 2.24) is 10.2 Å². The van der Waals surface area contributed by atoms with Crippen molar-refractivity contribution in [2.45, 2.75) is 12.5 Å². The van der Waals surface area contributed by atoms with Gasteiger partial charge < -0.3 is 25.0 Å². The van der Waals surface area contributed by atoms with Crippen molar-refractivity contribution in [1.29, 1.82) is 0 Å². The predicted octanol–water partition coefficient (Wildman–Crippen LogP) is 4.15. The molecule has 2 aromatic rings.